The van der Waals surface area contributed by atoms with E-state index in [2.05, 4.69) is 13.8 Å². The second-order valence-corrected chi connectivity index (χ2v) is 5.70. The van der Waals surface area contributed by atoms with Crippen LogP contribution in [0.25, 0.3) is 6.08 Å². The van der Waals surface area contributed by atoms with Crippen LogP contribution in [0.3, 0.4) is 0 Å². The van der Waals surface area contributed by atoms with Crippen LogP contribution in [0.2, 0.25) is 5.02 Å². The number of hydrogen-bond donors (Lipinski definition) is 0. The fourth-order valence-corrected chi connectivity index (χ4v) is 2.92. The van der Waals surface area contributed by atoms with Crippen LogP contribution in [0.4, 0.5) is 0 Å². The van der Waals surface area contributed by atoms with Gasteiger partial charge in [-0.05, 0) is 56.9 Å². The zero-order chi connectivity index (χ0) is 13.8. The van der Waals surface area contributed by atoms with E-state index in [1.54, 1.807) is 6.08 Å². The molecular formula is C16H20ClNO. The molecule has 0 spiro atoms. The third kappa shape index (κ3) is 3.60. The number of benzene rings is 1. The van der Waals surface area contributed by atoms with E-state index in [1.165, 1.54) is 6.42 Å². The smallest absolute Gasteiger partial charge is 0.247 e. The van der Waals surface area contributed by atoms with Crippen molar-refractivity contribution in [3.05, 3.63) is 40.9 Å². The van der Waals surface area contributed by atoms with Crippen LogP contribution in [-0.2, 0) is 4.79 Å². The molecule has 0 aromatic heterocycles. The number of likely N-dealkylation sites (tertiary alicyclic amines) is 1. The summed E-state index contributed by atoms with van der Waals surface area (Å²) in [5.74, 6) is 0.0969. The predicted octanol–water partition coefficient (Wildman–Crippen LogP) is 4.14. The van der Waals surface area contributed by atoms with Crippen molar-refractivity contribution in [3.63, 3.8) is 0 Å². The standard InChI is InChI=1S/C16H20ClNO/c1-12-5-3-6-13(2)18(12)16(19)10-9-14-7-4-8-15(17)11-14/h4,7-13H,3,5-6H2,1-2H3. The molecule has 1 aliphatic rings. The minimum atomic E-state index is 0.0969. The number of carbonyl (C=O) groups is 1. The van der Waals surface area contributed by atoms with Crippen molar-refractivity contribution < 1.29 is 4.79 Å². The number of carbonyl (C=O) groups excluding carboxylic acids is 1. The van der Waals surface area contributed by atoms with Gasteiger partial charge in [0, 0.05) is 23.2 Å². The second-order valence-electron chi connectivity index (χ2n) is 5.26. The molecule has 0 aliphatic carbocycles. The monoisotopic (exact) mass is 277 g/mol. The van der Waals surface area contributed by atoms with Crippen molar-refractivity contribution in [2.24, 2.45) is 0 Å². The van der Waals surface area contributed by atoms with Gasteiger partial charge in [-0.15, -0.1) is 0 Å². The lowest BCUT2D eigenvalue weighted by atomic mass is 9.97. The SMILES string of the molecule is CC1CCCC(C)N1C(=O)C=Cc1cccc(Cl)c1. The Balaban J connectivity index is 2.07. The zero-order valence-electron chi connectivity index (χ0n) is 11.5. The summed E-state index contributed by atoms with van der Waals surface area (Å²) in [5.41, 5.74) is 0.957. The quantitative estimate of drug-likeness (QED) is 0.744. The maximum atomic E-state index is 12.3. The van der Waals surface area contributed by atoms with E-state index in [4.69, 9.17) is 11.6 Å². The van der Waals surface area contributed by atoms with Gasteiger partial charge in [-0.1, -0.05) is 23.7 Å². The first-order valence-corrected chi connectivity index (χ1v) is 7.21. The lowest BCUT2D eigenvalue weighted by molar-refractivity contribution is -0.131. The van der Waals surface area contributed by atoms with Gasteiger partial charge in [0.15, 0.2) is 0 Å². The maximum Gasteiger partial charge on any atom is 0.247 e. The van der Waals surface area contributed by atoms with Crippen molar-refractivity contribution in [3.8, 4) is 0 Å². The molecule has 2 atom stereocenters. The Morgan fingerprint density at radius 1 is 1.32 bits per heavy atom. The molecular weight excluding hydrogens is 258 g/mol. The summed E-state index contributed by atoms with van der Waals surface area (Å²) in [5, 5.41) is 0.689. The van der Waals surface area contributed by atoms with Crippen molar-refractivity contribution >= 4 is 23.6 Å². The van der Waals surface area contributed by atoms with E-state index >= 15 is 0 Å². The molecule has 0 radical (unpaired) electrons. The van der Waals surface area contributed by atoms with E-state index in [-0.39, 0.29) is 5.91 Å². The van der Waals surface area contributed by atoms with E-state index in [0.717, 1.165) is 18.4 Å². The lowest BCUT2D eigenvalue weighted by Gasteiger charge is -2.38. The molecule has 3 heteroatoms. The van der Waals surface area contributed by atoms with Crippen LogP contribution in [0, 0.1) is 0 Å². The number of amides is 1. The minimum absolute atomic E-state index is 0.0969. The predicted molar refractivity (Wildman–Crippen MR) is 80.1 cm³/mol. The van der Waals surface area contributed by atoms with Crippen LogP contribution < -0.4 is 0 Å². The van der Waals surface area contributed by atoms with Crippen LogP contribution >= 0.6 is 11.6 Å². The van der Waals surface area contributed by atoms with Crippen LogP contribution in [-0.4, -0.2) is 22.9 Å². The summed E-state index contributed by atoms with van der Waals surface area (Å²) in [7, 11) is 0. The first kappa shape index (κ1) is 14.1. The van der Waals surface area contributed by atoms with E-state index in [0.29, 0.717) is 17.1 Å². The Morgan fingerprint density at radius 3 is 2.63 bits per heavy atom. The molecule has 1 amide bonds. The molecule has 1 saturated heterocycles. The van der Waals surface area contributed by atoms with Gasteiger partial charge >= 0.3 is 0 Å². The zero-order valence-corrected chi connectivity index (χ0v) is 12.2. The second kappa shape index (κ2) is 6.25. The number of halogens is 1. The highest BCUT2D eigenvalue weighted by molar-refractivity contribution is 6.30. The maximum absolute atomic E-state index is 12.3. The summed E-state index contributed by atoms with van der Waals surface area (Å²) in [4.78, 5) is 14.3. The molecule has 2 unspecified atom stereocenters. The first-order chi connectivity index (χ1) is 9.08. The fourth-order valence-electron chi connectivity index (χ4n) is 2.72. The average Bonchev–Trinajstić information content (AvgIpc) is 2.36. The van der Waals surface area contributed by atoms with Gasteiger partial charge in [0.1, 0.15) is 0 Å². The normalized spacial score (nSPS) is 23.8. The summed E-state index contributed by atoms with van der Waals surface area (Å²) in [6, 6.07) is 8.18. The summed E-state index contributed by atoms with van der Waals surface area (Å²) in [6.45, 7) is 4.25. The highest BCUT2D eigenvalue weighted by atomic mass is 35.5. The van der Waals surface area contributed by atoms with Crippen LogP contribution in [0.5, 0.6) is 0 Å². The molecule has 1 aliphatic heterocycles. The van der Waals surface area contributed by atoms with Gasteiger partial charge in [0.2, 0.25) is 5.91 Å². The Labute approximate surface area is 120 Å². The summed E-state index contributed by atoms with van der Waals surface area (Å²) < 4.78 is 0. The van der Waals surface area contributed by atoms with Crippen molar-refractivity contribution in [2.45, 2.75) is 45.2 Å². The molecule has 19 heavy (non-hydrogen) atoms. The van der Waals surface area contributed by atoms with E-state index in [9.17, 15) is 4.79 Å². The van der Waals surface area contributed by atoms with Crippen molar-refractivity contribution in [2.75, 3.05) is 0 Å². The highest BCUT2D eigenvalue weighted by Crippen LogP contribution is 2.23. The molecule has 0 saturated carbocycles. The third-order valence-corrected chi connectivity index (χ3v) is 3.95. The van der Waals surface area contributed by atoms with Crippen LogP contribution in [0.15, 0.2) is 30.3 Å². The molecule has 1 aromatic carbocycles. The van der Waals surface area contributed by atoms with Crippen molar-refractivity contribution in [1.29, 1.82) is 0 Å². The van der Waals surface area contributed by atoms with Gasteiger partial charge in [-0.3, -0.25) is 4.79 Å². The van der Waals surface area contributed by atoms with E-state index in [1.807, 2.05) is 35.2 Å². The summed E-state index contributed by atoms with van der Waals surface area (Å²) in [6.07, 6.45) is 6.90. The third-order valence-electron chi connectivity index (χ3n) is 3.72. The van der Waals surface area contributed by atoms with Gasteiger partial charge < -0.3 is 4.90 Å². The lowest BCUT2D eigenvalue weighted by Crippen LogP contribution is -2.46. The molecule has 1 heterocycles. The molecule has 1 aromatic rings. The van der Waals surface area contributed by atoms with Gasteiger partial charge in [-0.25, -0.2) is 0 Å². The van der Waals surface area contributed by atoms with Gasteiger partial charge in [-0.2, -0.15) is 0 Å². The molecule has 2 rings (SSSR count). The number of hydrogen-bond acceptors (Lipinski definition) is 1. The Hall–Kier alpha value is -1.28. The van der Waals surface area contributed by atoms with E-state index < -0.39 is 0 Å². The molecule has 0 bridgehead atoms. The Bertz CT molecular complexity index is 473. The highest BCUT2D eigenvalue weighted by Gasteiger charge is 2.27. The number of piperidine rings is 1. The summed E-state index contributed by atoms with van der Waals surface area (Å²) >= 11 is 5.93. The molecule has 102 valence electrons. The molecule has 1 fully saturated rings. The molecule has 2 nitrogen and oxygen atoms in total. The first-order valence-electron chi connectivity index (χ1n) is 6.84. The fraction of sp³-hybridized carbons (Fsp3) is 0.438. The Kier molecular flexibility index (Phi) is 4.65. The number of nitrogens with zero attached hydrogens (tertiary/aromatic N) is 1. The topological polar surface area (TPSA) is 20.3 Å². The van der Waals surface area contributed by atoms with Gasteiger partial charge in [0.05, 0.1) is 0 Å². The van der Waals surface area contributed by atoms with Crippen LogP contribution in [0.1, 0.15) is 38.7 Å². The van der Waals surface area contributed by atoms with Gasteiger partial charge in [0.25, 0.3) is 0 Å². The van der Waals surface area contributed by atoms with Crippen molar-refractivity contribution in [1.82, 2.24) is 4.90 Å². The average molecular weight is 278 g/mol. The molecule has 0 N–H and O–H groups in total. The Morgan fingerprint density at radius 2 is 2.00 bits per heavy atom. The number of rotatable bonds is 2. The minimum Gasteiger partial charge on any atom is -0.334 e. The largest absolute Gasteiger partial charge is 0.334 e.